The number of esters is 1. The third kappa shape index (κ3) is 4.53. The van der Waals surface area contributed by atoms with E-state index in [1.807, 2.05) is 39.0 Å². The van der Waals surface area contributed by atoms with Gasteiger partial charge in [0.25, 0.3) is 11.7 Å². The van der Waals surface area contributed by atoms with Crippen molar-refractivity contribution < 1.29 is 24.2 Å². The Morgan fingerprint density at radius 1 is 1.10 bits per heavy atom. The Kier molecular flexibility index (Phi) is 6.59. The first-order chi connectivity index (χ1) is 14.7. The first-order valence-corrected chi connectivity index (χ1v) is 10.4. The largest absolute Gasteiger partial charge is 0.507 e. The maximum atomic E-state index is 13.0. The molecule has 1 aliphatic heterocycles. The monoisotopic (exact) mass is 421 g/mol. The van der Waals surface area contributed by atoms with Crippen molar-refractivity contribution in [3.05, 3.63) is 70.3 Å². The second-order valence-corrected chi connectivity index (χ2v) is 7.83. The topological polar surface area (TPSA) is 83.9 Å². The molecule has 0 spiro atoms. The molecule has 1 atom stereocenters. The average Bonchev–Trinajstić information content (AvgIpc) is 2.98. The zero-order valence-electron chi connectivity index (χ0n) is 18.3. The highest BCUT2D eigenvalue weighted by Crippen LogP contribution is 2.40. The van der Waals surface area contributed by atoms with Crippen LogP contribution in [0.2, 0.25) is 0 Å². The summed E-state index contributed by atoms with van der Waals surface area (Å²) in [4.78, 5) is 38.6. The van der Waals surface area contributed by atoms with Gasteiger partial charge in [-0.1, -0.05) is 43.2 Å². The number of amides is 1. The molecule has 2 aromatic rings. The van der Waals surface area contributed by atoms with Gasteiger partial charge in [0.2, 0.25) is 0 Å². The summed E-state index contributed by atoms with van der Waals surface area (Å²) >= 11 is 0. The number of unbranched alkanes of at least 4 members (excludes halogenated alkanes) is 1. The van der Waals surface area contributed by atoms with E-state index in [9.17, 15) is 19.5 Å². The Morgan fingerprint density at radius 2 is 1.77 bits per heavy atom. The van der Waals surface area contributed by atoms with Gasteiger partial charge in [-0.15, -0.1) is 0 Å². The first-order valence-electron chi connectivity index (χ1n) is 10.4. The van der Waals surface area contributed by atoms with Crippen molar-refractivity contribution in [3.8, 4) is 5.75 Å². The van der Waals surface area contributed by atoms with Crippen molar-refractivity contribution >= 4 is 23.4 Å². The Balaban J connectivity index is 2.15. The number of ether oxygens (including phenoxy) is 1. The normalized spacial score (nSPS) is 17.8. The number of carbonyl (C=O) groups is 3. The zero-order valence-corrected chi connectivity index (χ0v) is 18.3. The van der Waals surface area contributed by atoms with Crippen molar-refractivity contribution in [2.24, 2.45) is 0 Å². The smallest absolute Gasteiger partial charge is 0.308 e. The second-order valence-electron chi connectivity index (χ2n) is 7.83. The number of aliphatic hydroxyl groups excluding tert-OH is 1. The number of hydrogen-bond donors (Lipinski definition) is 1. The number of rotatable bonds is 6. The fourth-order valence-electron chi connectivity index (χ4n) is 3.81. The van der Waals surface area contributed by atoms with E-state index >= 15 is 0 Å². The lowest BCUT2D eigenvalue weighted by Gasteiger charge is -2.25. The predicted octanol–water partition coefficient (Wildman–Crippen LogP) is 4.45. The van der Waals surface area contributed by atoms with Crippen LogP contribution in [-0.2, 0) is 14.4 Å². The van der Waals surface area contributed by atoms with Crippen LogP contribution in [0.3, 0.4) is 0 Å². The quantitative estimate of drug-likeness (QED) is 0.245. The van der Waals surface area contributed by atoms with E-state index in [1.165, 1.54) is 11.8 Å². The van der Waals surface area contributed by atoms with Crippen molar-refractivity contribution in [1.29, 1.82) is 0 Å². The molecule has 1 fully saturated rings. The van der Waals surface area contributed by atoms with E-state index in [0.29, 0.717) is 23.4 Å². The molecule has 31 heavy (non-hydrogen) atoms. The molecule has 0 bridgehead atoms. The van der Waals surface area contributed by atoms with Crippen molar-refractivity contribution in [3.63, 3.8) is 0 Å². The number of likely N-dealkylation sites (tertiary alicyclic amines) is 1. The minimum absolute atomic E-state index is 0.0787. The molecular formula is C25H27NO5. The summed E-state index contributed by atoms with van der Waals surface area (Å²) in [7, 11) is 0. The van der Waals surface area contributed by atoms with Crippen molar-refractivity contribution in [2.45, 2.75) is 46.6 Å². The van der Waals surface area contributed by atoms with Gasteiger partial charge in [0.15, 0.2) is 0 Å². The molecule has 2 aromatic carbocycles. The summed E-state index contributed by atoms with van der Waals surface area (Å²) < 4.78 is 5.09. The average molecular weight is 421 g/mol. The Labute approximate surface area is 182 Å². The molecule has 6 heteroatoms. The highest BCUT2D eigenvalue weighted by atomic mass is 16.5. The number of carbonyl (C=O) groups excluding carboxylic acids is 3. The van der Waals surface area contributed by atoms with E-state index < -0.39 is 23.7 Å². The lowest BCUT2D eigenvalue weighted by Crippen LogP contribution is -2.30. The molecule has 0 aromatic heterocycles. The number of ketones is 1. The fraction of sp³-hybridized carbons (Fsp3) is 0.320. The fourth-order valence-corrected chi connectivity index (χ4v) is 3.81. The molecule has 3 rings (SSSR count). The Bertz CT molecular complexity index is 1050. The van der Waals surface area contributed by atoms with E-state index in [2.05, 4.69) is 0 Å². The zero-order chi connectivity index (χ0) is 22.7. The van der Waals surface area contributed by atoms with Gasteiger partial charge < -0.3 is 14.7 Å². The van der Waals surface area contributed by atoms with Crippen molar-refractivity contribution in [2.75, 3.05) is 6.54 Å². The van der Waals surface area contributed by atoms with Crippen LogP contribution in [-0.4, -0.2) is 34.2 Å². The maximum absolute atomic E-state index is 13.0. The number of aryl methyl sites for hydroxylation is 2. The molecular weight excluding hydrogens is 394 g/mol. The van der Waals surface area contributed by atoms with Crippen LogP contribution >= 0.6 is 0 Å². The van der Waals surface area contributed by atoms with Crippen LogP contribution in [0, 0.1) is 13.8 Å². The standard InChI is InChI=1S/C25H27NO5/c1-5-6-13-26-22(18-9-11-19(12-10-18)31-17(4)27)21(24(29)25(26)30)23(28)20-14-15(2)7-8-16(20)3/h7-12,14,22,28H,5-6,13H2,1-4H3/b23-21+. The lowest BCUT2D eigenvalue weighted by atomic mass is 9.93. The molecule has 1 heterocycles. The van der Waals surface area contributed by atoms with Crippen molar-refractivity contribution in [1.82, 2.24) is 4.90 Å². The van der Waals surface area contributed by atoms with Gasteiger partial charge in [-0.3, -0.25) is 14.4 Å². The van der Waals surface area contributed by atoms with Gasteiger partial charge in [-0.2, -0.15) is 0 Å². The molecule has 1 saturated heterocycles. The molecule has 1 aliphatic rings. The third-order valence-electron chi connectivity index (χ3n) is 5.40. The Hall–Kier alpha value is -3.41. The summed E-state index contributed by atoms with van der Waals surface area (Å²) in [6.45, 7) is 7.49. The van der Waals surface area contributed by atoms with Gasteiger partial charge in [-0.05, 0) is 49.6 Å². The van der Waals surface area contributed by atoms with Crippen LogP contribution in [0.25, 0.3) is 5.76 Å². The minimum Gasteiger partial charge on any atom is -0.507 e. The maximum Gasteiger partial charge on any atom is 0.308 e. The second kappa shape index (κ2) is 9.16. The van der Waals surface area contributed by atoms with Crippen LogP contribution in [0.4, 0.5) is 0 Å². The molecule has 162 valence electrons. The van der Waals surface area contributed by atoms with Crippen LogP contribution in [0.15, 0.2) is 48.0 Å². The van der Waals surface area contributed by atoms with Crippen LogP contribution in [0.1, 0.15) is 55.0 Å². The highest BCUT2D eigenvalue weighted by Gasteiger charge is 2.45. The number of Topliss-reactive ketones (excluding diaryl/α,β-unsaturated/α-hetero) is 1. The van der Waals surface area contributed by atoms with E-state index in [0.717, 1.165) is 24.0 Å². The van der Waals surface area contributed by atoms with Gasteiger partial charge in [0.05, 0.1) is 11.6 Å². The molecule has 1 unspecified atom stereocenters. The van der Waals surface area contributed by atoms with Crippen LogP contribution < -0.4 is 4.74 Å². The van der Waals surface area contributed by atoms with Gasteiger partial charge in [0.1, 0.15) is 11.5 Å². The molecule has 1 N–H and O–H groups in total. The summed E-state index contributed by atoms with van der Waals surface area (Å²) in [5, 5.41) is 11.2. The molecule has 0 radical (unpaired) electrons. The summed E-state index contributed by atoms with van der Waals surface area (Å²) in [5.74, 6) is -1.54. The number of benzene rings is 2. The molecule has 6 nitrogen and oxygen atoms in total. The minimum atomic E-state index is -0.710. The Morgan fingerprint density at radius 3 is 2.39 bits per heavy atom. The molecule has 0 aliphatic carbocycles. The summed E-state index contributed by atoms with van der Waals surface area (Å²) in [6, 6.07) is 11.6. The third-order valence-corrected chi connectivity index (χ3v) is 5.40. The van der Waals surface area contributed by atoms with Crippen LogP contribution in [0.5, 0.6) is 5.75 Å². The SMILES string of the molecule is CCCCN1C(=O)C(=O)/C(=C(/O)c2cc(C)ccc2C)C1c1ccc(OC(C)=O)cc1. The van der Waals surface area contributed by atoms with E-state index in [-0.39, 0.29) is 11.3 Å². The van der Waals surface area contributed by atoms with E-state index in [4.69, 9.17) is 4.74 Å². The summed E-state index contributed by atoms with van der Waals surface area (Å²) in [5.41, 5.74) is 3.03. The molecule has 0 saturated carbocycles. The van der Waals surface area contributed by atoms with Gasteiger partial charge >= 0.3 is 5.97 Å². The first kappa shape index (κ1) is 22.3. The molecule has 1 amide bonds. The number of hydrogen-bond acceptors (Lipinski definition) is 5. The highest BCUT2D eigenvalue weighted by molar-refractivity contribution is 6.46. The van der Waals surface area contributed by atoms with E-state index in [1.54, 1.807) is 24.3 Å². The summed E-state index contributed by atoms with van der Waals surface area (Å²) in [6.07, 6.45) is 1.59. The van der Waals surface area contributed by atoms with Gasteiger partial charge in [0, 0.05) is 19.0 Å². The predicted molar refractivity (Wildman–Crippen MR) is 118 cm³/mol. The lowest BCUT2D eigenvalue weighted by molar-refractivity contribution is -0.139. The van der Waals surface area contributed by atoms with Gasteiger partial charge in [-0.25, -0.2) is 0 Å². The number of aliphatic hydroxyl groups is 1. The number of nitrogens with zero attached hydrogens (tertiary/aromatic N) is 1.